The zero-order valence-corrected chi connectivity index (χ0v) is 18.3. The van der Waals surface area contributed by atoms with E-state index in [1.165, 1.54) is 4.88 Å². The summed E-state index contributed by atoms with van der Waals surface area (Å²) in [6.07, 6.45) is 0.864. The smallest absolute Gasteiger partial charge is 0.191 e. The second-order valence-corrected chi connectivity index (χ2v) is 6.99. The van der Waals surface area contributed by atoms with Gasteiger partial charge in [-0.15, -0.1) is 35.3 Å². The Labute approximate surface area is 170 Å². The van der Waals surface area contributed by atoms with Gasteiger partial charge in [0.15, 0.2) is 5.96 Å². The minimum absolute atomic E-state index is 0. The SMILES string of the molecule is CCNC(=NCc1ccc(C)c(F)c1)NCCc1nc(C)c(C)s1.I. The first-order valence-electron chi connectivity index (χ1n) is 8.19. The van der Waals surface area contributed by atoms with Crippen molar-refractivity contribution in [2.24, 2.45) is 4.99 Å². The van der Waals surface area contributed by atoms with E-state index in [2.05, 4.69) is 27.5 Å². The topological polar surface area (TPSA) is 49.3 Å². The lowest BCUT2D eigenvalue weighted by Gasteiger charge is -2.10. The Morgan fingerprint density at radius 2 is 2.00 bits per heavy atom. The number of aromatic nitrogens is 1. The summed E-state index contributed by atoms with van der Waals surface area (Å²) in [5.74, 6) is 0.554. The molecule has 0 fully saturated rings. The van der Waals surface area contributed by atoms with E-state index in [0.29, 0.717) is 12.1 Å². The highest BCUT2D eigenvalue weighted by Gasteiger charge is 2.04. The van der Waals surface area contributed by atoms with Crippen LogP contribution in [0.1, 0.15) is 33.6 Å². The van der Waals surface area contributed by atoms with Crippen molar-refractivity contribution in [3.8, 4) is 0 Å². The normalized spacial score (nSPS) is 11.2. The zero-order chi connectivity index (χ0) is 17.5. The van der Waals surface area contributed by atoms with Gasteiger partial charge in [-0.25, -0.2) is 14.4 Å². The Kier molecular flexibility index (Phi) is 9.34. The molecule has 0 saturated carbocycles. The number of aryl methyl sites for hydroxylation is 3. The molecule has 0 amide bonds. The molecule has 0 atom stereocenters. The first-order chi connectivity index (χ1) is 11.5. The maximum Gasteiger partial charge on any atom is 0.191 e. The Balaban J connectivity index is 0.00000312. The van der Waals surface area contributed by atoms with Gasteiger partial charge in [0.25, 0.3) is 0 Å². The van der Waals surface area contributed by atoms with Gasteiger partial charge in [-0.2, -0.15) is 0 Å². The van der Waals surface area contributed by atoms with Crippen LogP contribution in [0.5, 0.6) is 0 Å². The molecule has 1 heterocycles. The van der Waals surface area contributed by atoms with Crippen LogP contribution < -0.4 is 10.6 Å². The summed E-state index contributed by atoms with van der Waals surface area (Å²) >= 11 is 1.74. The van der Waals surface area contributed by atoms with Crippen molar-refractivity contribution in [3.05, 3.63) is 50.7 Å². The van der Waals surface area contributed by atoms with Gasteiger partial charge in [0.2, 0.25) is 0 Å². The summed E-state index contributed by atoms with van der Waals surface area (Å²) in [7, 11) is 0. The van der Waals surface area contributed by atoms with Gasteiger partial charge in [0.05, 0.1) is 17.2 Å². The van der Waals surface area contributed by atoms with Gasteiger partial charge < -0.3 is 10.6 Å². The first kappa shape index (κ1) is 21.8. The average molecular weight is 476 g/mol. The van der Waals surface area contributed by atoms with E-state index in [9.17, 15) is 4.39 Å². The van der Waals surface area contributed by atoms with Crippen molar-refractivity contribution in [3.63, 3.8) is 0 Å². The van der Waals surface area contributed by atoms with Crippen molar-refractivity contribution < 1.29 is 4.39 Å². The molecule has 1 aromatic heterocycles. The number of guanidine groups is 1. The molecule has 25 heavy (non-hydrogen) atoms. The minimum atomic E-state index is -0.185. The Morgan fingerprint density at radius 1 is 1.24 bits per heavy atom. The van der Waals surface area contributed by atoms with Crippen molar-refractivity contribution in [2.45, 2.75) is 40.7 Å². The summed E-state index contributed by atoms with van der Waals surface area (Å²) in [5.41, 5.74) is 2.63. The standard InChI is InChI=1S/C18H25FN4S.HI/c1-5-20-18(21-9-8-17-23-13(3)14(4)24-17)22-11-15-7-6-12(2)16(19)10-15;/h6-7,10H,5,8-9,11H2,1-4H3,(H2,20,21,22);1H. The summed E-state index contributed by atoms with van der Waals surface area (Å²) < 4.78 is 13.6. The molecule has 0 bridgehead atoms. The molecule has 138 valence electrons. The van der Waals surface area contributed by atoms with Crippen LogP contribution in [0.25, 0.3) is 0 Å². The number of halogens is 2. The molecule has 2 aromatic rings. The Morgan fingerprint density at radius 3 is 2.60 bits per heavy atom. The van der Waals surface area contributed by atoms with Crippen molar-refractivity contribution >= 4 is 41.3 Å². The van der Waals surface area contributed by atoms with Gasteiger partial charge >= 0.3 is 0 Å². The van der Waals surface area contributed by atoms with Crippen molar-refractivity contribution in [1.29, 1.82) is 0 Å². The highest BCUT2D eigenvalue weighted by Crippen LogP contribution is 2.16. The molecule has 7 heteroatoms. The predicted molar refractivity (Wildman–Crippen MR) is 115 cm³/mol. The monoisotopic (exact) mass is 476 g/mol. The third-order valence-electron chi connectivity index (χ3n) is 3.70. The van der Waals surface area contributed by atoms with Crippen LogP contribution in [0.15, 0.2) is 23.2 Å². The summed E-state index contributed by atoms with van der Waals surface area (Å²) in [6, 6.07) is 5.24. The van der Waals surface area contributed by atoms with E-state index in [-0.39, 0.29) is 29.8 Å². The van der Waals surface area contributed by atoms with Crippen LogP contribution in [0.4, 0.5) is 4.39 Å². The highest BCUT2D eigenvalue weighted by atomic mass is 127. The lowest BCUT2D eigenvalue weighted by atomic mass is 10.1. The van der Waals surface area contributed by atoms with Crippen molar-refractivity contribution in [2.75, 3.05) is 13.1 Å². The average Bonchev–Trinajstić information content (AvgIpc) is 2.86. The van der Waals surface area contributed by atoms with Gasteiger partial charge in [-0.05, 0) is 44.9 Å². The van der Waals surface area contributed by atoms with Crippen LogP contribution in [0.2, 0.25) is 0 Å². The maximum absolute atomic E-state index is 13.6. The van der Waals surface area contributed by atoms with E-state index in [1.54, 1.807) is 30.4 Å². The van der Waals surface area contributed by atoms with Gasteiger partial charge in [0, 0.05) is 24.4 Å². The van der Waals surface area contributed by atoms with E-state index < -0.39 is 0 Å². The summed E-state index contributed by atoms with van der Waals surface area (Å²) in [5, 5.41) is 7.65. The molecule has 0 aliphatic heterocycles. The minimum Gasteiger partial charge on any atom is -0.357 e. The number of benzene rings is 1. The van der Waals surface area contributed by atoms with Gasteiger partial charge in [0.1, 0.15) is 5.82 Å². The number of nitrogens with zero attached hydrogens (tertiary/aromatic N) is 2. The van der Waals surface area contributed by atoms with Crippen LogP contribution in [0.3, 0.4) is 0 Å². The fourth-order valence-corrected chi connectivity index (χ4v) is 3.11. The van der Waals surface area contributed by atoms with Crippen LogP contribution in [-0.4, -0.2) is 24.0 Å². The van der Waals surface area contributed by atoms with Gasteiger partial charge in [-0.3, -0.25) is 0 Å². The van der Waals surface area contributed by atoms with Crippen LogP contribution in [-0.2, 0) is 13.0 Å². The third kappa shape index (κ3) is 6.89. The molecular formula is C18H26FIN4S. The lowest BCUT2D eigenvalue weighted by Crippen LogP contribution is -2.38. The third-order valence-corrected chi connectivity index (χ3v) is 4.84. The quantitative estimate of drug-likeness (QED) is 0.375. The highest BCUT2D eigenvalue weighted by molar-refractivity contribution is 14.0. The Hall–Kier alpha value is -1.22. The molecule has 0 radical (unpaired) electrons. The van der Waals surface area contributed by atoms with E-state index >= 15 is 0 Å². The fraction of sp³-hybridized carbons (Fsp3) is 0.444. The molecular weight excluding hydrogens is 450 g/mol. The van der Waals surface area contributed by atoms with Crippen LogP contribution in [0, 0.1) is 26.6 Å². The van der Waals surface area contributed by atoms with E-state index in [0.717, 1.165) is 41.7 Å². The molecule has 2 N–H and O–H groups in total. The molecule has 2 rings (SSSR count). The van der Waals surface area contributed by atoms with Gasteiger partial charge in [-0.1, -0.05) is 12.1 Å². The molecule has 1 aromatic carbocycles. The number of aliphatic imine (C=N–C) groups is 1. The number of hydrogen-bond donors (Lipinski definition) is 2. The molecule has 0 saturated heterocycles. The number of thiazole rings is 1. The van der Waals surface area contributed by atoms with Crippen LogP contribution >= 0.6 is 35.3 Å². The number of nitrogens with one attached hydrogen (secondary N) is 2. The Bertz CT molecular complexity index is 696. The summed E-state index contributed by atoms with van der Waals surface area (Å²) in [4.78, 5) is 10.3. The molecule has 0 spiro atoms. The molecule has 0 aliphatic rings. The van der Waals surface area contributed by atoms with E-state index in [1.807, 2.05) is 19.9 Å². The molecule has 4 nitrogen and oxygen atoms in total. The van der Waals surface area contributed by atoms with E-state index in [4.69, 9.17) is 0 Å². The maximum atomic E-state index is 13.6. The fourth-order valence-electron chi connectivity index (χ4n) is 2.18. The number of hydrogen-bond acceptors (Lipinski definition) is 3. The van der Waals surface area contributed by atoms with Crippen molar-refractivity contribution in [1.82, 2.24) is 15.6 Å². The number of rotatable bonds is 6. The zero-order valence-electron chi connectivity index (χ0n) is 15.1. The largest absolute Gasteiger partial charge is 0.357 e. The second-order valence-electron chi connectivity index (χ2n) is 5.70. The lowest BCUT2D eigenvalue weighted by molar-refractivity contribution is 0.616. The molecule has 0 aliphatic carbocycles. The molecule has 0 unspecified atom stereocenters. The first-order valence-corrected chi connectivity index (χ1v) is 9.01. The second kappa shape index (κ2) is 10.7. The predicted octanol–water partition coefficient (Wildman–Crippen LogP) is 4.12. The summed E-state index contributed by atoms with van der Waals surface area (Å²) in [6.45, 7) is 9.91.